The Morgan fingerprint density at radius 1 is 1.59 bits per heavy atom. The van der Waals surface area contributed by atoms with Gasteiger partial charge in [0.05, 0.1) is 6.61 Å². The summed E-state index contributed by atoms with van der Waals surface area (Å²) in [5.41, 5.74) is -0.813. The van der Waals surface area contributed by atoms with E-state index >= 15 is 0 Å². The predicted octanol–water partition coefficient (Wildman–Crippen LogP) is 0.0112. The fourth-order valence-electron chi connectivity index (χ4n) is 1.51. The largest absolute Gasteiger partial charge is 0.386 e. The molecular formula is C10H12ClN3O3. The van der Waals surface area contributed by atoms with Crippen LogP contribution in [0, 0.1) is 0 Å². The third kappa shape index (κ3) is 3.12. The second-order valence-corrected chi connectivity index (χ2v) is 4.34. The second kappa shape index (κ2) is 4.95. The zero-order chi connectivity index (χ0) is 12.3. The van der Waals surface area contributed by atoms with Gasteiger partial charge in [0.2, 0.25) is 0 Å². The number of amides is 1. The molecule has 0 aromatic carbocycles. The Morgan fingerprint density at radius 3 is 3.00 bits per heavy atom. The van der Waals surface area contributed by atoms with Crippen LogP contribution in [0.3, 0.4) is 0 Å². The molecule has 1 aliphatic heterocycles. The number of nitrogens with one attached hydrogen (secondary N) is 1. The minimum Gasteiger partial charge on any atom is -0.386 e. The summed E-state index contributed by atoms with van der Waals surface area (Å²) >= 11 is 5.56. The van der Waals surface area contributed by atoms with Crippen molar-refractivity contribution in [2.75, 3.05) is 19.8 Å². The minimum absolute atomic E-state index is 0.135. The van der Waals surface area contributed by atoms with E-state index in [4.69, 9.17) is 16.3 Å². The van der Waals surface area contributed by atoms with Crippen molar-refractivity contribution in [3.8, 4) is 0 Å². The highest BCUT2D eigenvalue weighted by molar-refractivity contribution is 6.29. The molecule has 1 aliphatic rings. The van der Waals surface area contributed by atoms with Gasteiger partial charge in [0.25, 0.3) is 5.91 Å². The van der Waals surface area contributed by atoms with Gasteiger partial charge in [-0.2, -0.15) is 0 Å². The molecule has 1 aromatic heterocycles. The number of halogens is 1. The van der Waals surface area contributed by atoms with Gasteiger partial charge in [-0.25, -0.2) is 0 Å². The first-order valence-corrected chi connectivity index (χ1v) is 5.54. The van der Waals surface area contributed by atoms with E-state index in [1.165, 1.54) is 12.1 Å². The molecule has 17 heavy (non-hydrogen) atoms. The lowest BCUT2D eigenvalue weighted by Gasteiger charge is -2.20. The van der Waals surface area contributed by atoms with E-state index in [0.717, 1.165) is 0 Å². The van der Waals surface area contributed by atoms with E-state index in [-0.39, 0.29) is 24.0 Å². The average Bonchev–Trinajstić information content (AvgIpc) is 2.75. The van der Waals surface area contributed by atoms with Crippen LogP contribution in [0.4, 0.5) is 0 Å². The number of aliphatic hydroxyl groups is 1. The highest BCUT2D eigenvalue weighted by atomic mass is 35.5. The predicted molar refractivity (Wildman–Crippen MR) is 59.8 cm³/mol. The minimum atomic E-state index is -0.977. The topological polar surface area (TPSA) is 84.3 Å². The summed E-state index contributed by atoms with van der Waals surface area (Å²) in [5.74, 6) is -0.394. The summed E-state index contributed by atoms with van der Waals surface area (Å²) in [6.07, 6.45) is 0.513. The van der Waals surface area contributed by atoms with Gasteiger partial charge in [0.1, 0.15) is 5.60 Å². The molecule has 6 nitrogen and oxygen atoms in total. The monoisotopic (exact) mass is 257 g/mol. The molecule has 0 bridgehead atoms. The normalized spacial score (nSPS) is 23.6. The molecule has 1 saturated heterocycles. The van der Waals surface area contributed by atoms with Crippen molar-refractivity contribution in [2.24, 2.45) is 0 Å². The first kappa shape index (κ1) is 12.2. The van der Waals surface area contributed by atoms with Gasteiger partial charge in [-0.3, -0.25) is 4.79 Å². The molecule has 0 saturated carbocycles. The van der Waals surface area contributed by atoms with E-state index in [1.807, 2.05) is 0 Å². The Bertz CT molecular complexity index is 404. The molecule has 92 valence electrons. The van der Waals surface area contributed by atoms with Crippen LogP contribution in [0.1, 0.15) is 16.9 Å². The Balaban J connectivity index is 1.91. The SMILES string of the molecule is O=C(NCC1(O)CCOC1)c1ccc(Cl)nn1. The van der Waals surface area contributed by atoms with Gasteiger partial charge >= 0.3 is 0 Å². The number of carbonyl (C=O) groups excluding carboxylic acids is 1. The molecule has 0 radical (unpaired) electrons. The van der Waals surface area contributed by atoms with Crippen molar-refractivity contribution in [1.82, 2.24) is 15.5 Å². The highest BCUT2D eigenvalue weighted by Gasteiger charge is 2.32. The van der Waals surface area contributed by atoms with Gasteiger partial charge in [0, 0.05) is 19.6 Å². The Hall–Kier alpha value is -1.24. The zero-order valence-corrected chi connectivity index (χ0v) is 9.78. The van der Waals surface area contributed by atoms with Crippen molar-refractivity contribution in [3.05, 3.63) is 23.0 Å². The number of hydrogen-bond donors (Lipinski definition) is 2. The van der Waals surface area contributed by atoms with Crippen LogP contribution in [0.5, 0.6) is 0 Å². The van der Waals surface area contributed by atoms with Gasteiger partial charge in [-0.1, -0.05) is 11.6 Å². The summed E-state index contributed by atoms with van der Waals surface area (Å²) in [7, 11) is 0. The van der Waals surface area contributed by atoms with E-state index in [2.05, 4.69) is 15.5 Å². The first-order chi connectivity index (χ1) is 8.09. The van der Waals surface area contributed by atoms with Crippen LogP contribution in [-0.2, 0) is 4.74 Å². The fourth-order valence-corrected chi connectivity index (χ4v) is 1.61. The maximum absolute atomic E-state index is 11.6. The highest BCUT2D eigenvalue weighted by Crippen LogP contribution is 2.17. The van der Waals surface area contributed by atoms with Gasteiger partial charge in [-0.05, 0) is 12.1 Å². The summed E-state index contributed by atoms with van der Waals surface area (Å²) in [5, 5.41) is 20.0. The Kier molecular flexibility index (Phi) is 3.56. The number of rotatable bonds is 3. The molecule has 0 aliphatic carbocycles. The van der Waals surface area contributed by atoms with Crippen molar-refractivity contribution in [1.29, 1.82) is 0 Å². The zero-order valence-electron chi connectivity index (χ0n) is 9.02. The molecular weight excluding hydrogens is 246 g/mol. The van der Waals surface area contributed by atoms with Crippen molar-refractivity contribution >= 4 is 17.5 Å². The molecule has 2 heterocycles. The Labute approximate surface area is 103 Å². The van der Waals surface area contributed by atoms with Crippen LogP contribution >= 0.6 is 11.6 Å². The molecule has 7 heteroatoms. The quantitative estimate of drug-likeness (QED) is 0.797. The lowest BCUT2D eigenvalue weighted by molar-refractivity contribution is 0.0264. The van der Waals surface area contributed by atoms with Crippen LogP contribution in [-0.4, -0.2) is 46.6 Å². The van der Waals surface area contributed by atoms with Crippen LogP contribution < -0.4 is 5.32 Å². The summed E-state index contributed by atoms with van der Waals surface area (Å²) in [4.78, 5) is 11.6. The number of hydrogen-bond acceptors (Lipinski definition) is 5. The molecule has 1 amide bonds. The maximum atomic E-state index is 11.6. The third-order valence-electron chi connectivity index (χ3n) is 2.53. The summed E-state index contributed by atoms with van der Waals surface area (Å²) in [6.45, 7) is 0.878. The lowest BCUT2D eigenvalue weighted by Crippen LogP contribution is -2.43. The number of carbonyl (C=O) groups is 1. The Morgan fingerprint density at radius 2 is 2.41 bits per heavy atom. The third-order valence-corrected chi connectivity index (χ3v) is 2.73. The maximum Gasteiger partial charge on any atom is 0.271 e. The standard InChI is InChI=1S/C10H12ClN3O3/c11-8-2-1-7(13-14-8)9(15)12-5-10(16)3-4-17-6-10/h1-2,16H,3-6H2,(H,12,15). The van der Waals surface area contributed by atoms with E-state index in [9.17, 15) is 9.90 Å². The van der Waals surface area contributed by atoms with Crippen molar-refractivity contribution < 1.29 is 14.6 Å². The molecule has 1 fully saturated rings. The molecule has 0 spiro atoms. The summed E-state index contributed by atoms with van der Waals surface area (Å²) < 4.78 is 5.07. The van der Waals surface area contributed by atoms with E-state index < -0.39 is 11.5 Å². The van der Waals surface area contributed by atoms with Crippen LogP contribution in [0.25, 0.3) is 0 Å². The van der Waals surface area contributed by atoms with Crippen LogP contribution in [0.15, 0.2) is 12.1 Å². The number of aromatic nitrogens is 2. The summed E-state index contributed by atoms with van der Waals surface area (Å²) in [6, 6.07) is 2.96. The molecule has 2 rings (SSSR count). The number of nitrogens with zero attached hydrogens (tertiary/aromatic N) is 2. The van der Waals surface area contributed by atoms with E-state index in [0.29, 0.717) is 13.0 Å². The molecule has 1 atom stereocenters. The van der Waals surface area contributed by atoms with Crippen LogP contribution in [0.2, 0.25) is 5.15 Å². The second-order valence-electron chi connectivity index (χ2n) is 3.95. The van der Waals surface area contributed by atoms with E-state index in [1.54, 1.807) is 0 Å². The molecule has 1 aromatic rings. The number of ether oxygens (including phenoxy) is 1. The average molecular weight is 258 g/mol. The van der Waals surface area contributed by atoms with Gasteiger partial charge in [0.15, 0.2) is 10.8 Å². The van der Waals surface area contributed by atoms with Gasteiger partial charge < -0.3 is 15.2 Å². The van der Waals surface area contributed by atoms with Crippen molar-refractivity contribution in [3.63, 3.8) is 0 Å². The van der Waals surface area contributed by atoms with Crippen molar-refractivity contribution in [2.45, 2.75) is 12.0 Å². The first-order valence-electron chi connectivity index (χ1n) is 5.17. The fraction of sp³-hybridized carbons (Fsp3) is 0.500. The molecule has 1 unspecified atom stereocenters. The molecule has 2 N–H and O–H groups in total. The van der Waals surface area contributed by atoms with Gasteiger partial charge in [-0.15, -0.1) is 10.2 Å². The lowest BCUT2D eigenvalue weighted by atomic mass is 10.0. The smallest absolute Gasteiger partial charge is 0.271 e.